The van der Waals surface area contributed by atoms with E-state index in [2.05, 4.69) is 39.8 Å². The summed E-state index contributed by atoms with van der Waals surface area (Å²) in [4.78, 5) is 22.5. The SMILES string of the molecule is O=C(Nc1nnc(SCc2cccc3ccccc23)s1)c1ccc([N+](=O)[O-])cc1. The van der Waals surface area contributed by atoms with Crippen molar-refractivity contribution in [3.63, 3.8) is 0 Å². The van der Waals surface area contributed by atoms with Crippen molar-refractivity contribution in [1.82, 2.24) is 10.2 Å². The molecule has 0 aliphatic carbocycles. The Morgan fingerprint density at radius 2 is 1.79 bits per heavy atom. The Bertz CT molecular complexity index is 1190. The number of hydrogen-bond donors (Lipinski definition) is 1. The second-order valence-corrected chi connectivity index (χ2v) is 8.26. The van der Waals surface area contributed by atoms with Gasteiger partial charge in [0.2, 0.25) is 5.13 Å². The van der Waals surface area contributed by atoms with Crippen LogP contribution in [0.5, 0.6) is 0 Å². The molecule has 0 saturated heterocycles. The molecule has 7 nitrogen and oxygen atoms in total. The number of nitrogens with zero attached hydrogens (tertiary/aromatic N) is 3. The summed E-state index contributed by atoms with van der Waals surface area (Å²) in [7, 11) is 0. The van der Waals surface area contributed by atoms with E-state index in [1.54, 1.807) is 11.8 Å². The highest BCUT2D eigenvalue weighted by Crippen LogP contribution is 2.31. The zero-order valence-corrected chi connectivity index (χ0v) is 16.6. The zero-order chi connectivity index (χ0) is 20.2. The van der Waals surface area contributed by atoms with Gasteiger partial charge in [-0.05, 0) is 28.5 Å². The summed E-state index contributed by atoms with van der Waals surface area (Å²) in [6, 6.07) is 19.8. The fraction of sp³-hybridized carbons (Fsp3) is 0.0500. The highest BCUT2D eigenvalue weighted by molar-refractivity contribution is 8.00. The van der Waals surface area contributed by atoms with Crippen molar-refractivity contribution >= 4 is 50.6 Å². The summed E-state index contributed by atoms with van der Waals surface area (Å²) in [5.41, 5.74) is 1.46. The van der Waals surface area contributed by atoms with E-state index in [1.807, 2.05) is 18.2 Å². The van der Waals surface area contributed by atoms with Crippen LogP contribution in [0.1, 0.15) is 15.9 Å². The fourth-order valence-electron chi connectivity index (χ4n) is 2.78. The average Bonchev–Trinajstić information content (AvgIpc) is 3.19. The Hall–Kier alpha value is -3.30. The van der Waals surface area contributed by atoms with Crippen molar-refractivity contribution in [2.75, 3.05) is 5.32 Å². The van der Waals surface area contributed by atoms with Crippen LogP contribution in [-0.2, 0) is 5.75 Å². The van der Waals surface area contributed by atoms with Crippen LogP contribution in [0.15, 0.2) is 71.1 Å². The number of thioether (sulfide) groups is 1. The molecule has 4 aromatic rings. The molecule has 4 rings (SSSR count). The minimum Gasteiger partial charge on any atom is -0.296 e. The molecule has 0 aliphatic heterocycles. The number of non-ortho nitro benzene ring substituents is 1. The first-order valence-corrected chi connectivity index (χ1v) is 10.4. The van der Waals surface area contributed by atoms with Gasteiger partial charge in [-0.25, -0.2) is 0 Å². The lowest BCUT2D eigenvalue weighted by Gasteiger charge is -2.04. The van der Waals surface area contributed by atoms with E-state index in [1.165, 1.54) is 51.9 Å². The molecule has 3 aromatic carbocycles. The lowest BCUT2D eigenvalue weighted by Crippen LogP contribution is -2.11. The predicted octanol–water partition coefficient (Wildman–Crippen LogP) is 5.14. The van der Waals surface area contributed by atoms with Crippen LogP contribution in [0.2, 0.25) is 0 Å². The molecule has 1 N–H and O–H groups in total. The van der Waals surface area contributed by atoms with E-state index in [0.717, 1.165) is 10.1 Å². The summed E-state index contributed by atoms with van der Waals surface area (Å²) in [5.74, 6) is 0.355. The first kappa shape index (κ1) is 19.0. The lowest BCUT2D eigenvalue weighted by molar-refractivity contribution is -0.384. The van der Waals surface area contributed by atoms with Gasteiger partial charge in [0.1, 0.15) is 0 Å². The summed E-state index contributed by atoms with van der Waals surface area (Å²) in [6.07, 6.45) is 0. The number of nitro groups is 1. The van der Waals surface area contributed by atoms with Crippen LogP contribution < -0.4 is 5.32 Å². The van der Waals surface area contributed by atoms with E-state index < -0.39 is 4.92 Å². The Kier molecular flexibility index (Phi) is 5.50. The molecule has 0 atom stereocenters. The number of rotatable bonds is 6. The maximum atomic E-state index is 12.3. The molecule has 0 spiro atoms. The largest absolute Gasteiger partial charge is 0.296 e. The van der Waals surface area contributed by atoms with Crippen LogP contribution in [0, 0.1) is 10.1 Å². The van der Waals surface area contributed by atoms with Crippen molar-refractivity contribution in [3.05, 3.63) is 88.0 Å². The Balaban J connectivity index is 1.40. The number of carbonyl (C=O) groups excluding carboxylic acids is 1. The van der Waals surface area contributed by atoms with E-state index in [4.69, 9.17) is 0 Å². The number of aromatic nitrogens is 2. The number of amides is 1. The third-order valence-electron chi connectivity index (χ3n) is 4.20. The van der Waals surface area contributed by atoms with Crippen LogP contribution in [-0.4, -0.2) is 21.0 Å². The monoisotopic (exact) mass is 422 g/mol. The first-order valence-electron chi connectivity index (χ1n) is 8.59. The summed E-state index contributed by atoms with van der Waals surface area (Å²) in [6.45, 7) is 0. The van der Waals surface area contributed by atoms with E-state index in [0.29, 0.717) is 10.7 Å². The number of anilines is 1. The summed E-state index contributed by atoms with van der Waals surface area (Å²) < 4.78 is 0.747. The molecule has 29 heavy (non-hydrogen) atoms. The van der Waals surface area contributed by atoms with Gasteiger partial charge in [0.25, 0.3) is 11.6 Å². The van der Waals surface area contributed by atoms with Crippen LogP contribution in [0.3, 0.4) is 0 Å². The molecular formula is C20H14N4O3S2. The fourth-order valence-corrected chi connectivity index (χ4v) is 4.53. The van der Waals surface area contributed by atoms with Gasteiger partial charge in [-0.15, -0.1) is 10.2 Å². The quantitative estimate of drug-likeness (QED) is 0.200. The highest BCUT2D eigenvalue weighted by Gasteiger charge is 2.13. The van der Waals surface area contributed by atoms with Gasteiger partial charge in [0.15, 0.2) is 4.34 Å². The molecular weight excluding hydrogens is 408 g/mol. The second-order valence-electron chi connectivity index (χ2n) is 6.06. The van der Waals surface area contributed by atoms with Crippen LogP contribution in [0.25, 0.3) is 10.8 Å². The minimum absolute atomic E-state index is 0.0652. The van der Waals surface area contributed by atoms with E-state index in [9.17, 15) is 14.9 Å². The third kappa shape index (κ3) is 4.41. The number of carbonyl (C=O) groups is 1. The van der Waals surface area contributed by atoms with Gasteiger partial charge in [-0.2, -0.15) is 0 Å². The number of nitrogens with one attached hydrogen (secondary N) is 1. The summed E-state index contributed by atoms with van der Waals surface area (Å²) in [5, 5.41) is 24.3. The normalized spacial score (nSPS) is 10.8. The molecule has 9 heteroatoms. The average molecular weight is 422 g/mol. The number of benzene rings is 3. The Labute approximate surface area is 173 Å². The highest BCUT2D eigenvalue weighted by atomic mass is 32.2. The minimum atomic E-state index is -0.508. The molecule has 0 bridgehead atoms. The van der Waals surface area contributed by atoms with Gasteiger partial charge < -0.3 is 0 Å². The van der Waals surface area contributed by atoms with Crippen molar-refractivity contribution in [2.45, 2.75) is 10.1 Å². The van der Waals surface area contributed by atoms with Gasteiger partial charge in [0.05, 0.1) is 4.92 Å². The van der Waals surface area contributed by atoms with Gasteiger partial charge >= 0.3 is 0 Å². The molecule has 1 heterocycles. The molecule has 0 saturated carbocycles. The Morgan fingerprint density at radius 3 is 2.59 bits per heavy atom. The number of hydrogen-bond acceptors (Lipinski definition) is 7. The molecule has 0 fully saturated rings. The van der Waals surface area contributed by atoms with Crippen LogP contribution >= 0.6 is 23.1 Å². The molecule has 0 unspecified atom stereocenters. The first-order chi connectivity index (χ1) is 14.1. The molecule has 144 valence electrons. The van der Waals surface area contributed by atoms with E-state index >= 15 is 0 Å². The van der Waals surface area contributed by atoms with Gasteiger partial charge in [0, 0.05) is 23.4 Å². The maximum absolute atomic E-state index is 12.3. The van der Waals surface area contributed by atoms with Crippen LogP contribution in [0.4, 0.5) is 10.8 Å². The smallest absolute Gasteiger partial charge is 0.269 e. The van der Waals surface area contributed by atoms with Crippen molar-refractivity contribution in [1.29, 1.82) is 0 Å². The van der Waals surface area contributed by atoms with E-state index in [-0.39, 0.29) is 11.6 Å². The topological polar surface area (TPSA) is 98.0 Å². The summed E-state index contributed by atoms with van der Waals surface area (Å²) >= 11 is 2.85. The standard InChI is InChI=1S/C20H14N4O3S2/c25-18(14-8-10-16(11-9-14)24(26)27)21-19-22-23-20(29-19)28-12-15-6-3-5-13-4-1-2-7-17(13)15/h1-11H,12H2,(H,21,22,25). The van der Waals surface area contributed by atoms with Crippen molar-refractivity contribution in [3.8, 4) is 0 Å². The number of nitro benzene ring substituents is 1. The van der Waals surface area contributed by atoms with Crippen molar-refractivity contribution in [2.24, 2.45) is 0 Å². The molecule has 0 aliphatic rings. The van der Waals surface area contributed by atoms with Crippen molar-refractivity contribution < 1.29 is 9.72 Å². The lowest BCUT2D eigenvalue weighted by atomic mass is 10.1. The maximum Gasteiger partial charge on any atom is 0.269 e. The van der Waals surface area contributed by atoms with Gasteiger partial charge in [-0.3, -0.25) is 20.2 Å². The third-order valence-corrected chi connectivity index (χ3v) is 6.22. The molecule has 1 aromatic heterocycles. The second kappa shape index (κ2) is 8.38. The van der Waals surface area contributed by atoms with Gasteiger partial charge in [-0.1, -0.05) is 65.6 Å². The number of fused-ring (bicyclic) bond motifs is 1. The zero-order valence-electron chi connectivity index (χ0n) is 14.9. The molecule has 1 amide bonds. The Morgan fingerprint density at radius 1 is 1.03 bits per heavy atom. The predicted molar refractivity (Wildman–Crippen MR) is 114 cm³/mol. The molecule has 0 radical (unpaired) electrons.